The molecule has 19 heteroatoms. The first-order chi connectivity index (χ1) is 45.2. The second-order valence-electron chi connectivity index (χ2n) is 28.5. The van der Waals surface area contributed by atoms with Crippen LogP contribution in [0.3, 0.4) is 0 Å². The molecule has 0 aliphatic heterocycles. The van der Waals surface area contributed by atoms with E-state index in [-0.39, 0.29) is 25.7 Å². The van der Waals surface area contributed by atoms with Gasteiger partial charge in [0.25, 0.3) is 0 Å². The summed E-state index contributed by atoms with van der Waals surface area (Å²) in [4.78, 5) is 72.8. The fourth-order valence-electron chi connectivity index (χ4n) is 11.3. The Labute approximate surface area is 575 Å². The molecule has 558 valence electrons. The Morgan fingerprint density at radius 2 is 0.511 bits per heavy atom. The van der Waals surface area contributed by atoms with Gasteiger partial charge in [0.2, 0.25) is 0 Å². The van der Waals surface area contributed by atoms with Gasteiger partial charge in [0.1, 0.15) is 19.3 Å². The van der Waals surface area contributed by atoms with Gasteiger partial charge in [0.05, 0.1) is 26.4 Å². The number of hydrogen-bond donors (Lipinski definition) is 3. The molecule has 7 atom stereocenters. The van der Waals surface area contributed by atoms with Crippen molar-refractivity contribution < 1.29 is 80.2 Å². The lowest BCUT2D eigenvalue weighted by Crippen LogP contribution is -2.30. The Kier molecular flexibility index (Phi) is 63.1. The van der Waals surface area contributed by atoms with Crippen LogP contribution in [0, 0.1) is 23.7 Å². The molecule has 0 bridgehead atoms. The molecule has 0 amide bonds. The van der Waals surface area contributed by atoms with Gasteiger partial charge in [-0.05, 0) is 49.4 Å². The average molecular weight is 1380 g/mol. The summed E-state index contributed by atoms with van der Waals surface area (Å²) in [5, 5.41) is 10.6. The van der Waals surface area contributed by atoms with Gasteiger partial charge in [-0.3, -0.25) is 37.3 Å². The molecule has 0 aromatic carbocycles. The Balaban J connectivity index is 5.24. The minimum atomic E-state index is -4.96. The van der Waals surface area contributed by atoms with Crippen LogP contribution < -0.4 is 0 Å². The van der Waals surface area contributed by atoms with Crippen molar-refractivity contribution in [1.82, 2.24) is 0 Å². The molecule has 0 spiro atoms. The van der Waals surface area contributed by atoms with E-state index in [1.807, 2.05) is 0 Å². The van der Waals surface area contributed by atoms with Crippen molar-refractivity contribution in [2.45, 2.75) is 395 Å². The second kappa shape index (κ2) is 64.4. The maximum atomic E-state index is 13.1. The predicted octanol–water partition coefficient (Wildman–Crippen LogP) is 21.7. The molecular formula is C75H146O17P2. The molecule has 0 aromatic heterocycles. The molecule has 0 saturated heterocycles. The van der Waals surface area contributed by atoms with Gasteiger partial charge < -0.3 is 33.8 Å². The molecule has 0 aliphatic carbocycles. The summed E-state index contributed by atoms with van der Waals surface area (Å²) in [6.45, 7) is 14.2. The maximum absolute atomic E-state index is 13.1. The zero-order chi connectivity index (χ0) is 69.6. The standard InChI is InChI=1S/C75H146O17P2/c1-9-67(7)53-45-37-29-20-15-13-11-12-14-16-21-31-39-47-55-72(77)85-61-71(92-75(80)58-50-42-34-26-24-30-38-46-54-68(8)10-2)64-90-94(83,84)88-60-69(76)59-87-93(81,82)89-63-70(62-86-73(78)56-48-40-32-25-23-28-36-44-52-66(5)6)91-74(79)57-49-41-33-22-18-17-19-27-35-43-51-65(3)4/h65-71,76H,9-64H2,1-8H3,(H,81,82)(H,83,84)/t67?,68?,69?,70-,71-/m1/s1. The molecule has 0 aromatic rings. The molecule has 0 saturated carbocycles. The number of phosphoric acid groups is 2. The number of aliphatic hydroxyl groups excluding tert-OH is 1. The third-order valence-electron chi connectivity index (χ3n) is 18.0. The van der Waals surface area contributed by atoms with Crippen LogP contribution in [0.4, 0.5) is 0 Å². The average Bonchev–Trinajstić information content (AvgIpc) is 1.50. The Morgan fingerprint density at radius 3 is 0.755 bits per heavy atom. The Bertz CT molecular complexity index is 1850. The molecule has 0 aliphatic rings. The van der Waals surface area contributed by atoms with Crippen molar-refractivity contribution in [1.29, 1.82) is 0 Å². The Hall–Kier alpha value is -1.94. The largest absolute Gasteiger partial charge is 0.472 e. The van der Waals surface area contributed by atoms with Crippen molar-refractivity contribution in [3.05, 3.63) is 0 Å². The molecule has 0 heterocycles. The van der Waals surface area contributed by atoms with E-state index in [2.05, 4.69) is 55.4 Å². The third-order valence-corrected chi connectivity index (χ3v) is 19.9. The number of phosphoric ester groups is 2. The monoisotopic (exact) mass is 1380 g/mol. The van der Waals surface area contributed by atoms with E-state index in [1.54, 1.807) is 0 Å². The van der Waals surface area contributed by atoms with E-state index < -0.39 is 97.5 Å². The van der Waals surface area contributed by atoms with Crippen LogP contribution in [0.15, 0.2) is 0 Å². The second-order valence-corrected chi connectivity index (χ2v) is 31.4. The van der Waals surface area contributed by atoms with Crippen LogP contribution in [0.5, 0.6) is 0 Å². The molecular weight excluding hydrogens is 1230 g/mol. The highest BCUT2D eigenvalue weighted by Crippen LogP contribution is 2.45. The third kappa shape index (κ3) is 66.0. The summed E-state index contributed by atoms with van der Waals surface area (Å²) in [5.74, 6) is 0.974. The van der Waals surface area contributed by atoms with Crippen LogP contribution in [-0.2, 0) is 65.4 Å². The summed E-state index contributed by atoms with van der Waals surface area (Å²) in [6.07, 6.45) is 48.5. The zero-order valence-electron chi connectivity index (χ0n) is 61.6. The number of rotatable bonds is 72. The molecule has 94 heavy (non-hydrogen) atoms. The lowest BCUT2D eigenvalue weighted by molar-refractivity contribution is -0.161. The number of carbonyl (C=O) groups excluding carboxylic acids is 4. The molecule has 17 nitrogen and oxygen atoms in total. The molecule has 5 unspecified atom stereocenters. The van der Waals surface area contributed by atoms with E-state index in [1.165, 1.54) is 180 Å². The van der Waals surface area contributed by atoms with Gasteiger partial charge in [0, 0.05) is 25.7 Å². The van der Waals surface area contributed by atoms with E-state index >= 15 is 0 Å². The quantitative estimate of drug-likeness (QED) is 0.0222. The van der Waals surface area contributed by atoms with E-state index in [9.17, 15) is 43.2 Å². The molecule has 0 rings (SSSR count). The molecule has 3 N–H and O–H groups in total. The summed E-state index contributed by atoms with van der Waals surface area (Å²) in [5.41, 5.74) is 0. The lowest BCUT2D eigenvalue weighted by atomic mass is 9.99. The number of ether oxygens (including phenoxy) is 4. The summed E-state index contributed by atoms with van der Waals surface area (Å²) in [6, 6.07) is 0. The summed E-state index contributed by atoms with van der Waals surface area (Å²) in [7, 11) is -9.91. The van der Waals surface area contributed by atoms with Gasteiger partial charge in [-0.25, -0.2) is 9.13 Å². The first kappa shape index (κ1) is 92.1. The smallest absolute Gasteiger partial charge is 0.462 e. The van der Waals surface area contributed by atoms with Crippen molar-refractivity contribution >= 4 is 39.5 Å². The van der Waals surface area contributed by atoms with E-state index in [0.717, 1.165) is 114 Å². The Morgan fingerprint density at radius 1 is 0.298 bits per heavy atom. The van der Waals surface area contributed by atoms with E-state index in [4.69, 9.17) is 37.0 Å². The van der Waals surface area contributed by atoms with Crippen LogP contribution >= 0.6 is 15.6 Å². The number of aliphatic hydroxyl groups is 1. The SMILES string of the molecule is CCC(C)CCCCCCCCCCCCCCCCC(=O)OC[C@H](COP(=O)(O)OCC(O)COP(=O)(O)OC[C@@H](COC(=O)CCCCCCCCCCC(C)C)OC(=O)CCCCCCCCCCCCC(C)C)OC(=O)CCCCCCCCCCC(C)CC. The van der Waals surface area contributed by atoms with Crippen molar-refractivity contribution in [2.75, 3.05) is 39.6 Å². The minimum Gasteiger partial charge on any atom is -0.462 e. The minimum absolute atomic E-state index is 0.105. The molecule has 0 fully saturated rings. The fourth-order valence-corrected chi connectivity index (χ4v) is 12.9. The highest BCUT2D eigenvalue weighted by Gasteiger charge is 2.30. The summed E-state index contributed by atoms with van der Waals surface area (Å²) < 4.78 is 68.5. The highest BCUT2D eigenvalue weighted by atomic mass is 31.2. The number of unbranched alkanes of at least 4 members (excludes halogenated alkanes) is 36. The number of carbonyl (C=O) groups is 4. The normalized spacial score (nSPS) is 14.7. The van der Waals surface area contributed by atoms with Gasteiger partial charge in [0.15, 0.2) is 12.2 Å². The maximum Gasteiger partial charge on any atom is 0.472 e. The predicted molar refractivity (Wildman–Crippen MR) is 381 cm³/mol. The zero-order valence-corrected chi connectivity index (χ0v) is 63.4. The van der Waals surface area contributed by atoms with Crippen LogP contribution in [0.25, 0.3) is 0 Å². The fraction of sp³-hybridized carbons (Fsp3) is 0.947. The summed E-state index contributed by atoms with van der Waals surface area (Å²) >= 11 is 0. The van der Waals surface area contributed by atoms with Gasteiger partial charge in [-0.1, -0.05) is 325 Å². The van der Waals surface area contributed by atoms with E-state index in [0.29, 0.717) is 25.7 Å². The number of esters is 4. The lowest BCUT2D eigenvalue weighted by Gasteiger charge is -2.21. The highest BCUT2D eigenvalue weighted by molar-refractivity contribution is 7.47. The number of hydrogen-bond acceptors (Lipinski definition) is 15. The molecule has 0 radical (unpaired) electrons. The van der Waals surface area contributed by atoms with Gasteiger partial charge in [-0.15, -0.1) is 0 Å². The topological polar surface area (TPSA) is 237 Å². The van der Waals surface area contributed by atoms with Crippen LogP contribution in [0.1, 0.15) is 376 Å². The first-order valence-corrected chi connectivity index (χ1v) is 41.8. The van der Waals surface area contributed by atoms with Gasteiger partial charge in [-0.2, -0.15) is 0 Å². The van der Waals surface area contributed by atoms with Crippen LogP contribution in [-0.4, -0.2) is 96.7 Å². The van der Waals surface area contributed by atoms with Crippen molar-refractivity contribution in [3.8, 4) is 0 Å². The van der Waals surface area contributed by atoms with Crippen molar-refractivity contribution in [3.63, 3.8) is 0 Å². The van der Waals surface area contributed by atoms with Gasteiger partial charge >= 0.3 is 39.5 Å². The van der Waals surface area contributed by atoms with Crippen molar-refractivity contribution in [2.24, 2.45) is 23.7 Å². The first-order valence-electron chi connectivity index (χ1n) is 38.8. The van der Waals surface area contributed by atoms with Crippen LogP contribution in [0.2, 0.25) is 0 Å².